The van der Waals surface area contributed by atoms with E-state index in [-0.39, 0.29) is 12.8 Å². The van der Waals surface area contributed by atoms with Crippen molar-refractivity contribution >= 4 is 12.3 Å². The van der Waals surface area contributed by atoms with Gasteiger partial charge in [0.05, 0.1) is 18.6 Å². The van der Waals surface area contributed by atoms with E-state index in [1.165, 1.54) is 0 Å². The van der Waals surface area contributed by atoms with Crippen LogP contribution in [-0.4, -0.2) is 57.7 Å². The van der Waals surface area contributed by atoms with E-state index in [9.17, 15) is 5.11 Å². The normalized spacial score (nSPS) is 28.0. The van der Waals surface area contributed by atoms with Crippen LogP contribution in [0.25, 0.3) is 0 Å². The van der Waals surface area contributed by atoms with Gasteiger partial charge in [-0.2, -0.15) is 0 Å². The highest BCUT2D eigenvalue weighted by molar-refractivity contribution is 5.57. The molecular formula is C16H24N6O. The fraction of sp³-hybridized carbons (Fsp3) is 0.562. The second kappa shape index (κ2) is 6.64. The van der Waals surface area contributed by atoms with E-state index in [0.717, 1.165) is 18.8 Å². The Labute approximate surface area is 136 Å². The Balaban J connectivity index is 1.78. The van der Waals surface area contributed by atoms with Crippen molar-refractivity contribution in [3.05, 3.63) is 29.7 Å². The van der Waals surface area contributed by atoms with Crippen molar-refractivity contribution in [3.63, 3.8) is 0 Å². The minimum absolute atomic E-state index is 0.0595. The Kier molecular flexibility index (Phi) is 4.58. The summed E-state index contributed by atoms with van der Waals surface area (Å²) >= 11 is 0. The van der Waals surface area contributed by atoms with Gasteiger partial charge in [-0.3, -0.25) is 9.89 Å². The van der Waals surface area contributed by atoms with E-state index in [2.05, 4.69) is 50.0 Å². The number of aliphatic imine (C=N–C) groups is 1. The Morgan fingerprint density at radius 1 is 1.26 bits per heavy atom. The van der Waals surface area contributed by atoms with Crippen molar-refractivity contribution in [2.75, 3.05) is 18.0 Å². The van der Waals surface area contributed by atoms with Crippen LogP contribution in [0.5, 0.6) is 0 Å². The predicted octanol–water partition coefficient (Wildman–Crippen LogP) is 0.648. The average Bonchev–Trinajstić information content (AvgIpc) is 2.54. The summed E-state index contributed by atoms with van der Waals surface area (Å²) in [5, 5.41) is 12.3. The highest BCUT2D eigenvalue weighted by Gasteiger charge is 2.34. The Morgan fingerprint density at radius 3 is 2.61 bits per heavy atom. The lowest BCUT2D eigenvalue weighted by molar-refractivity contribution is 0.102. The summed E-state index contributed by atoms with van der Waals surface area (Å²) < 4.78 is 0. The number of aliphatic hydroxyl groups is 1. The second-order valence-electron chi connectivity index (χ2n) is 6.23. The van der Waals surface area contributed by atoms with Gasteiger partial charge in [0.1, 0.15) is 6.17 Å². The molecule has 1 aromatic rings. The molecule has 0 aromatic carbocycles. The van der Waals surface area contributed by atoms with Gasteiger partial charge in [-0.25, -0.2) is 9.97 Å². The lowest BCUT2D eigenvalue weighted by atomic mass is 10.1. The molecule has 3 rings (SSSR count). The number of rotatable bonds is 3. The number of piperazine rings is 1. The number of aromatic nitrogens is 2. The zero-order valence-corrected chi connectivity index (χ0v) is 13.8. The number of anilines is 1. The third-order valence-corrected chi connectivity index (χ3v) is 4.30. The van der Waals surface area contributed by atoms with E-state index in [4.69, 9.17) is 0 Å². The highest BCUT2D eigenvalue weighted by atomic mass is 16.3. The third kappa shape index (κ3) is 3.35. The molecule has 2 aliphatic heterocycles. The number of aliphatic hydroxyl groups excluding tert-OH is 1. The molecule has 1 unspecified atom stereocenters. The molecule has 2 N–H and O–H groups in total. The van der Waals surface area contributed by atoms with E-state index in [1.54, 1.807) is 6.34 Å². The van der Waals surface area contributed by atoms with E-state index in [1.807, 2.05) is 19.2 Å². The van der Waals surface area contributed by atoms with Crippen molar-refractivity contribution in [2.24, 2.45) is 4.99 Å². The van der Waals surface area contributed by atoms with Gasteiger partial charge in [0.2, 0.25) is 5.95 Å². The third-order valence-electron chi connectivity index (χ3n) is 4.30. The zero-order chi connectivity index (χ0) is 16.4. The first kappa shape index (κ1) is 15.9. The Morgan fingerprint density at radius 2 is 2.00 bits per heavy atom. The first-order valence-corrected chi connectivity index (χ1v) is 8.00. The molecule has 3 atom stereocenters. The fourth-order valence-corrected chi connectivity index (χ4v) is 3.39. The van der Waals surface area contributed by atoms with Crippen LogP contribution in [-0.2, 0) is 6.61 Å². The summed E-state index contributed by atoms with van der Waals surface area (Å²) in [5.41, 5.74) is 1.55. The van der Waals surface area contributed by atoms with Crippen LogP contribution >= 0.6 is 0 Å². The minimum Gasteiger partial charge on any atom is -0.390 e. The molecule has 0 spiro atoms. The highest BCUT2D eigenvalue weighted by Crippen LogP contribution is 2.23. The zero-order valence-electron chi connectivity index (χ0n) is 13.8. The lowest BCUT2D eigenvalue weighted by Gasteiger charge is -2.46. The van der Waals surface area contributed by atoms with Crippen molar-refractivity contribution in [1.29, 1.82) is 0 Å². The summed E-state index contributed by atoms with van der Waals surface area (Å²) in [6, 6.07) is 2.47. The molecular weight excluding hydrogens is 292 g/mol. The monoisotopic (exact) mass is 316 g/mol. The maximum Gasteiger partial charge on any atom is 0.225 e. The summed E-state index contributed by atoms with van der Waals surface area (Å²) in [5.74, 6) is 0.705. The predicted molar refractivity (Wildman–Crippen MR) is 90.2 cm³/mol. The van der Waals surface area contributed by atoms with E-state index >= 15 is 0 Å². The topological polar surface area (TPSA) is 76.9 Å². The molecule has 0 radical (unpaired) electrons. The summed E-state index contributed by atoms with van der Waals surface area (Å²) in [6.07, 6.45) is 5.83. The van der Waals surface area contributed by atoms with Crippen LogP contribution in [0.3, 0.4) is 0 Å². The van der Waals surface area contributed by atoms with Gasteiger partial charge >= 0.3 is 0 Å². The maximum atomic E-state index is 9.35. The van der Waals surface area contributed by atoms with Gasteiger partial charge in [-0.05, 0) is 32.9 Å². The minimum atomic E-state index is -0.0595. The van der Waals surface area contributed by atoms with Crippen LogP contribution in [0.1, 0.15) is 25.2 Å². The molecule has 0 aliphatic carbocycles. The van der Waals surface area contributed by atoms with Crippen molar-refractivity contribution < 1.29 is 5.11 Å². The van der Waals surface area contributed by atoms with Crippen LogP contribution in [0.15, 0.2) is 23.3 Å². The Hall–Kier alpha value is -1.99. The molecule has 7 nitrogen and oxygen atoms in total. The number of nitrogens with one attached hydrogen (secondary N) is 1. The van der Waals surface area contributed by atoms with Crippen molar-refractivity contribution in [1.82, 2.24) is 20.2 Å². The number of hydrogen-bond donors (Lipinski definition) is 2. The molecule has 0 bridgehead atoms. The van der Waals surface area contributed by atoms with Crippen LogP contribution in [0.2, 0.25) is 0 Å². The average molecular weight is 316 g/mol. The van der Waals surface area contributed by atoms with Crippen LogP contribution in [0, 0.1) is 6.92 Å². The van der Waals surface area contributed by atoms with Gasteiger partial charge in [0.15, 0.2) is 0 Å². The molecule has 7 heteroatoms. The SMILES string of the molecule is Cc1cc(CO)nc(N2C[C@@H](C)N(C3C=CNC=N3)[C@@H](C)C2)n1. The van der Waals surface area contributed by atoms with Gasteiger partial charge in [0, 0.05) is 37.1 Å². The van der Waals surface area contributed by atoms with Crippen LogP contribution in [0.4, 0.5) is 5.95 Å². The molecule has 23 heavy (non-hydrogen) atoms. The molecule has 1 fully saturated rings. The maximum absolute atomic E-state index is 9.35. The number of aryl methyl sites for hydroxylation is 1. The summed E-state index contributed by atoms with van der Waals surface area (Å²) in [7, 11) is 0. The quantitative estimate of drug-likeness (QED) is 0.852. The Bertz CT molecular complexity index is 593. The first-order valence-electron chi connectivity index (χ1n) is 8.00. The molecule has 1 aromatic heterocycles. The van der Waals surface area contributed by atoms with E-state index in [0.29, 0.717) is 23.7 Å². The number of hydrogen-bond acceptors (Lipinski definition) is 7. The van der Waals surface area contributed by atoms with Crippen molar-refractivity contribution in [2.45, 2.75) is 45.6 Å². The van der Waals surface area contributed by atoms with Gasteiger partial charge < -0.3 is 15.3 Å². The summed E-state index contributed by atoms with van der Waals surface area (Å²) in [6.45, 7) is 7.96. The molecule has 0 amide bonds. The van der Waals surface area contributed by atoms with Gasteiger partial charge in [-0.15, -0.1) is 0 Å². The van der Waals surface area contributed by atoms with E-state index < -0.39 is 0 Å². The van der Waals surface area contributed by atoms with Gasteiger partial charge in [-0.1, -0.05) is 0 Å². The molecule has 0 saturated carbocycles. The summed E-state index contributed by atoms with van der Waals surface area (Å²) in [4.78, 5) is 18.1. The van der Waals surface area contributed by atoms with Crippen LogP contribution < -0.4 is 10.2 Å². The first-order chi connectivity index (χ1) is 11.1. The second-order valence-corrected chi connectivity index (χ2v) is 6.23. The molecule has 2 aliphatic rings. The molecule has 3 heterocycles. The largest absolute Gasteiger partial charge is 0.390 e. The smallest absolute Gasteiger partial charge is 0.225 e. The van der Waals surface area contributed by atoms with Gasteiger partial charge in [0.25, 0.3) is 0 Å². The molecule has 1 saturated heterocycles. The fourth-order valence-electron chi connectivity index (χ4n) is 3.39. The van der Waals surface area contributed by atoms with Crippen molar-refractivity contribution in [3.8, 4) is 0 Å². The lowest BCUT2D eigenvalue weighted by Crippen LogP contribution is -2.60. The standard InChI is InChI=1S/C16H24N6O/c1-11-6-14(9-23)20-16(19-11)21-7-12(2)22(13(3)8-21)15-4-5-17-10-18-15/h4-6,10,12-13,15,23H,7-9H2,1-3H3,(H,17,18)/t12-,13+,15?. The number of nitrogens with zero attached hydrogens (tertiary/aromatic N) is 5. The molecule has 124 valence electrons.